The van der Waals surface area contributed by atoms with E-state index in [1.54, 1.807) is 41.7 Å². The summed E-state index contributed by atoms with van der Waals surface area (Å²) >= 11 is 1.66. The van der Waals surface area contributed by atoms with E-state index in [4.69, 9.17) is 4.74 Å². The van der Waals surface area contributed by atoms with Crippen LogP contribution in [0.5, 0.6) is 0 Å². The van der Waals surface area contributed by atoms with Crippen molar-refractivity contribution >= 4 is 29.0 Å². The Morgan fingerprint density at radius 1 is 1.07 bits per heavy atom. The summed E-state index contributed by atoms with van der Waals surface area (Å²) in [5.41, 5.74) is 2.81. The van der Waals surface area contributed by atoms with E-state index in [2.05, 4.69) is 16.0 Å². The van der Waals surface area contributed by atoms with E-state index in [9.17, 15) is 14.4 Å². The first kappa shape index (κ1) is 20.5. The molecule has 0 fully saturated rings. The molecule has 2 heterocycles. The third-order valence-corrected chi connectivity index (χ3v) is 5.42. The van der Waals surface area contributed by atoms with Gasteiger partial charge in [-0.3, -0.25) is 14.4 Å². The summed E-state index contributed by atoms with van der Waals surface area (Å²) in [4.78, 5) is 37.5. The molecule has 29 heavy (non-hydrogen) atoms. The predicted molar refractivity (Wildman–Crippen MR) is 111 cm³/mol. The van der Waals surface area contributed by atoms with Crippen LogP contribution < -0.4 is 5.32 Å². The van der Waals surface area contributed by atoms with Crippen LogP contribution in [-0.4, -0.2) is 35.4 Å². The Hall–Kier alpha value is -3.19. The zero-order valence-electron chi connectivity index (χ0n) is 16.3. The Kier molecular flexibility index (Phi) is 6.61. The third-order valence-electron chi connectivity index (χ3n) is 4.56. The number of rotatable bonds is 8. The van der Waals surface area contributed by atoms with Gasteiger partial charge in [0.05, 0.1) is 6.54 Å². The number of aromatic nitrogens is 1. The third kappa shape index (κ3) is 5.20. The summed E-state index contributed by atoms with van der Waals surface area (Å²) in [6, 6.07) is 14.4. The van der Waals surface area contributed by atoms with Crippen molar-refractivity contribution < 1.29 is 19.1 Å². The summed E-state index contributed by atoms with van der Waals surface area (Å²) in [6.45, 7) is 3.88. The van der Waals surface area contributed by atoms with Gasteiger partial charge < -0.3 is 14.6 Å². The van der Waals surface area contributed by atoms with Gasteiger partial charge in [-0.2, -0.15) is 0 Å². The first-order valence-electron chi connectivity index (χ1n) is 9.17. The molecule has 0 bridgehead atoms. The summed E-state index contributed by atoms with van der Waals surface area (Å²) in [5.74, 6) is -1.29. The van der Waals surface area contributed by atoms with Crippen molar-refractivity contribution in [1.82, 2.24) is 9.88 Å². The largest absolute Gasteiger partial charge is 0.456 e. The average molecular weight is 410 g/mol. The lowest BCUT2D eigenvalue weighted by Crippen LogP contribution is -2.31. The van der Waals surface area contributed by atoms with Crippen LogP contribution >= 0.6 is 11.3 Å². The second-order valence-electron chi connectivity index (χ2n) is 6.58. The van der Waals surface area contributed by atoms with Crippen molar-refractivity contribution in [2.45, 2.75) is 20.4 Å². The van der Waals surface area contributed by atoms with Crippen LogP contribution in [0.2, 0.25) is 0 Å². The van der Waals surface area contributed by atoms with Gasteiger partial charge in [0.25, 0.3) is 5.91 Å². The molecule has 0 saturated heterocycles. The molecule has 3 aromatic rings. The molecular weight excluding hydrogens is 388 g/mol. The lowest BCUT2D eigenvalue weighted by atomic mass is 10.1. The Labute approximate surface area is 173 Å². The minimum absolute atomic E-state index is 0.265. The molecule has 2 aromatic heterocycles. The number of thiophene rings is 1. The van der Waals surface area contributed by atoms with Crippen molar-refractivity contribution in [2.75, 3.05) is 13.2 Å². The van der Waals surface area contributed by atoms with Crippen molar-refractivity contribution in [3.8, 4) is 0 Å². The van der Waals surface area contributed by atoms with Crippen LogP contribution in [0.3, 0.4) is 0 Å². The highest BCUT2D eigenvalue weighted by Crippen LogP contribution is 2.19. The number of benzene rings is 1. The topological polar surface area (TPSA) is 77.4 Å². The Morgan fingerprint density at radius 2 is 1.83 bits per heavy atom. The van der Waals surface area contributed by atoms with E-state index in [-0.39, 0.29) is 24.8 Å². The number of carbonyl (C=O) groups is 3. The summed E-state index contributed by atoms with van der Waals surface area (Å²) in [7, 11) is 0. The number of Topliss-reactive ketones (excluding diaryl/α,β-unsaturated/α-hetero) is 1. The van der Waals surface area contributed by atoms with E-state index in [0.717, 1.165) is 11.4 Å². The molecule has 0 radical (unpaired) electrons. The van der Waals surface area contributed by atoms with Crippen LogP contribution in [0.1, 0.15) is 37.0 Å². The fourth-order valence-corrected chi connectivity index (χ4v) is 3.70. The van der Waals surface area contributed by atoms with E-state index >= 15 is 0 Å². The van der Waals surface area contributed by atoms with Crippen LogP contribution in [0, 0.1) is 13.8 Å². The highest BCUT2D eigenvalue weighted by molar-refractivity contribution is 7.09. The molecular formula is C22H22N2O4S. The second kappa shape index (κ2) is 9.34. The fourth-order valence-electron chi connectivity index (χ4n) is 3.00. The summed E-state index contributed by atoms with van der Waals surface area (Å²) in [6.07, 6.45) is 0. The molecule has 0 spiro atoms. The molecule has 1 N–H and O–H groups in total. The van der Waals surface area contributed by atoms with Gasteiger partial charge in [-0.05, 0) is 43.5 Å². The molecule has 0 aliphatic heterocycles. The van der Waals surface area contributed by atoms with Gasteiger partial charge >= 0.3 is 5.97 Å². The lowest BCUT2D eigenvalue weighted by Gasteiger charge is -2.09. The lowest BCUT2D eigenvalue weighted by molar-refractivity contribution is -0.141. The maximum atomic E-state index is 12.5. The maximum absolute atomic E-state index is 12.5. The molecule has 3 rings (SSSR count). The van der Waals surface area contributed by atoms with E-state index in [1.165, 1.54) is 4.88 Å². The summed E-state index contributed by atoms with van der Waals surface area (Å²) < 4.78 is 7.11. The average Bonchev–Trinajstić information content (AvgIpc) is 3.34. The van der Waals surface area contributed by atoms with Crippen molar-refractivity contribution in [3.63, 3.8) is 0 Å². The number of amides is 1. The molecule has 7 heteroatoms. The number of ether oxygens (including phenoxy) is 1. The zero-order valence-corrected chi connectivity index (χ0v) is 17.1. The predicted octanol–water partition coefficient (Wildman–Crippen LogP) is 3.37. The SMILES string of the molecule is Cc1cc(C(=O)COC(=O)CNC(=O)c2ccccc2)c(C)n1Cc1cccs1. The van der Waals surface area contributed by atoms with Gasteiger partial charge in [0.15, 0.2) is 6.61 Å². The number of nitrogens with zero attached hydrogens (tertiary/aromatic N) is 1. The molecule has 150 valence electrons. The van der Waals surface area contributed by atoms with Crippen molar-refractivity contribution in [2.24, 2.45) is 0 Å². The number of hydrogen-bond donors (Lipinski definition) is 1. The first-order valence-corrected chi connectivity index (χ1v) is 10.0. The Morgan fingerprint density at radius 3 is 2.52 bits per heavy atom. The maximum Gasteiger partial charge on any atom is 0.325 e. The standard InChI is InChI=1S/C22H22N2O4S/c1-15-11-19(16(2)24(15)13-18-9-6-10-29-18)20(25)14-28-21(26)12-23-22(27)17-7-4-3-5-8-17/h3-11H,12-14H2,1-2H3,(H,23,27). The van der Waals surface area contributed by atoms with Gasteiger partial charge in [0.1, 0.15) is 6.54 Å². The molecule has 1 aromatic carbocycles. The molecule has 0 aliphatic rings. The van der Waals surface area contributed by atoms with Gasteiger partial charge in [0.2, 0.25) is 5.78 Å². The van der Waals surface area contributed by atoms with E-state index in [0.29, 0.717) is 17.7 Å². The van der Waals surface area contributed by atoms with Gasteiger partial charge in [-0.1, -0.05) is 24.3 Å². The van der Waals surface area contributed by atoms with E-state index < -0.39 is 5.97 Å². The summed E-state index contributed by atoms with van der Waals surface area (Å²) in [5, 5.41) is 4.50. The zero-order chi connectivity index (χ0) is 20.8. The highest BCUT2D eigenvalue weighted by Gasteiger charge is 2.18. The highest BCUT2D eigenvalue weighted by atomic mass is 32.1. The molecule has 1 amide bonds. The quantitative estimate of drug-likeness (QED) is 0.456. The fraction of sp³-hybridized carbons (Fsp3) is 0.227. The molecule has 0 aliphatic carbocycles. The second-order valence-corrected chi connectivity index (χ2v) is 7.62. The smallest absolute Gasteiger partial charge is 0.325 e. The number of ketones is 1. The van der Waals surface area contributed by atoms with Gasteiger partial charge in [-0.25, -0.2) is 0 Å². The van der Waals surface area contributed by atoms with Crippen LogP contribution in [0.15, 0.2) is 53.9 Å². The minimum Gasteiger partial charge on any atom is -0.456 e. The number of nitrogens with one attached hydrogen (secondary N) is 1. The number of esters is 1. The number of carbonyl (C=O) groups excluding carboxylic acids is 3. The van der Waals surface area contributed by atoms with Crippen molar-refractivity contribution in [1.29, 1.82) is 0 Å². The molecule has 0 atom stereocenters. The number of aryl methyl sites for hydroxylation is 1. The molecule has 0 saturated carbocycles. The Bertz CT molecular complexity index is 1010. The van der Waals surface area contributed by atoms with Gasteiger partial charge in [0, 0.05) is 27.4 Å². The minimum atomic E-state index is -0.657. The molecule has 6 nitrogen and oxygen atoms in total. The van der Waals surface area contributed by atoms with E-state index in [1.807, 2.05) is 31.4 Å². The first-order chi connectivity index (χ1) is 14.0. The molecule has 0 unspecified atom stereocenters. The Balaban J connectivity index is 1.52. The van der Waals surface area contributed by atoms with Gasteiger partial charge in [-0.15, -0.1) is 11.3 Å². The number of hydrogen-bond acceptors (Lipinski definition) is 5. The van der Waals surface area contributed by atoms with Crippen molar-refractivity contribution in [3.05, 3.63) is 81.3 Å². The van der Waals surface area contributed by atoms with Crippen LogP contribution in [-0.2, 0) is 16.1 Å². The monoisotopic (exact) mass is 410 g/mol. The van der Waals surface area contributed by atoms with Crippen LogP contribution in [0.4, 0.5) is 0 Å². The van der Waals surface area contributed by atoms with Crippen LogP contribution in [0.25, 0.3) is 0 Å². The normalized spacial score (nSPS) is 10.6.